The highest BCUT2D eigenvalue weighted by molar-refractivity contribution is 5.82. The number of nitro groups is 1. The van der Waals surface area contributed by atoms with Gasteiger partial charge in [0.1, 0.15) is 0 Å². The number of hydrogen-bond donors (Lipinski definition) is 1. The number of carbonyl (C=O) groups excluding carboxylic acids is 1. The second-order valence-corrected chi connectivity index (χ2v) is 4.37. The maximum Gasteiger partial charge on any atom is 0.332 e. The van der Waals surface area contributed by atoms with Crippen molar-refractivity contribution < 1.29 is 14.5 Å². The molecule has 1 aromatic rings. The van der Waals surface area contributed by atoms with Gasteiger partial charge in [-0.15, -0.1) is 0 Å². The van der Waals surface area contributed by atoms with Crippen molar-refractivity contribution in [3.63, 3.8) is 0 Å². The average Bonchev–Trinajstić information content (AvgIpc) is 2.43. The molecule has 1 aromatic carbocycles. The second-order valence-electron chi connectivity index (χ2n) is 4.37. The summed E-state index contributed by atoms with van der Waals surface area (Å²) in [4.78, 5) is 21.3. The van der Waals surface area contributed by atoms with Crippen LogP contribution in [0.25, 0.3) is 0 Å². The van der Waals surface area contributed by atoms with Gasteiger partial charge in [0.25, 0.3) is 5.69 Å². The van der Waals surface area contributed by atoms with Crippen molar-refractivity contribution in [3.05, 3.63) is 51.7 Å². The average molecular weight is 289 g/mol. The van der Waals surface area contributed by atoms with E-state index < -0.39 is 16.8 Å². The lowest BCUT2D eigenvalue weighted by Crippen LogP contribution is -2.08. The molecule has 0 aromatic heterocycles. The summed E-state index contributed by atoms with van der Waals surface area (Å²) in [6.07, 6.45) is 1.46. The van der Waals surface area contributed by atoms with Crippen molar-refractivity contribution >= 4 is 11.7 Å². The van der Waals surface area contributed by atoms with Crippen molar-refractivity contribution in [2.75, 3.05) is 6.61 Å². The zero-order valence-electron chi connectivity index (χ0n) is 11.5. The van der Waals surface area contributed by atoms with Crippen LogP contribution in [0.15, 0.2) is 36.0 Å². The molecule has 110 valence electrons. The predicted molar refractivity (Wildman–Crippen MR) is 75.0 cm³/mol. The molecule has 7 heteroatoms. The van der Waals surface area contributed by atoms with Crippen LogP contribution >= 0.6 is 0 Å². The first-order valence-electron chi connectivity index (χ1n) is 6.18. The van der Waals surface area contributed by atoms with Crippen molar-refractivity contribution in [1.29, 1.82) is 5.26 Å². The molecule has 21 heavy (non-hydrogen) atoms. The topological polar surface area (TPSA) is 119 Å². The summed E-state index contributed by atoms with van der Waals surface area (Å²) in [6, 6.07) is 7.81. The Morgan fingerprint density at radius 1 is 1.52 bits per heavy atom. The molecule has 1 unspecified atom stereocenters. The number of ether oxygens (including phenoxy) is 1. The first kappa shape index (κ1) is 16.2. The molecule has 2 N–H and O–H groups in total. The van der Waals surface area contributed by atoms with Crippen LogP contribution in [0.4, 0.5) is 5.69 Å². The van der Waals surface area contributed by atoms with E-state index in [0.717, 1.165) is 6.08 Å². The largest absolute Gasteiger partial charge is 0.462 e. The Morgan fingerprint density at radius 2 is 2.14 bits per heavy atom. The molecule has 1 rings (SSSR count). The van der Waals surface area contributed by atoms with Gasteiger partial charge in [-0.2, -0.15) is 5.26 Å². The van der Waals surface area contributed by atoms with Crippen LogP contribution in [0.3, 0.4) is 0 Å². The SMILES string of the molecule is C/C(N)=C\C(=O)OCCC(C#N)c1ccc([N+](=O)[O-])cc1. The van der Waals surface area contributed by atoms with E-state index in [1.807, 2.05) is 0 Å². The number of nitriles is 1. The van der Waals surface area contributed by atoms with E-state index in [2.05, 4.69) is 6.07 Å². The molecule has 0 amide bonds. The van der Waals surface area contributed by atoms with Gasteiger partial charge in [-0.05, 0) is 12.5 Å². The molecular weight excluding hydrogens is 274 g/mol. The molecule has 0 spiro atoms. The van der Waals surface area contributed by atoms with Crippen molar-refractivity contribution in [1.82, 2.24) is 0 Å². The molecule has 0 heterocycles. The first-order chi connectivity index (χ1) is 9.93. The molecule has 1 atom stereocenters. The minimum Gasteiger partial charge on any atom is -0.462 e. The van der Waals surface area contributed by atoms with Gasteiger partial charge >= 0.3 is 5.97 Å². The van der Waals surface area contributed by atoms with E-state index in [4.69, 9.17) is 15.7 Å². The second kappa shape index (κ2) is 7.65. The summed E-state index contributed by atoms with van der Waals surface area (Å²) in [5.41, 5.74) is 6.28. The van der Waals surface area contributed by atoms with Crippen LogP contribution in [0.5, 0.6) is 0 Å². The fourth-order valence-corrected chi connectivity index (χ4v) is 1.64. The normalized spacial score (nSPS) is 12.3. The van der Waals surface area contributed by atoms with E-state index in [-0.39, 0.29) is 12.3 Å². The highest BCUT2D eigenvalue weighted by Crippen LogP contribution is 2.21. The van der Waals surface area contributed by atoms with Gasteiger partial charge < -0.3 is 10.5 Å². The summed E-state index contributed by atoms with van der Waals surface area (Å²) >= 11 is 0. The maximum absolute atomic E-state index is 11.2. The van der Waals surface area contributed by atoms with E-state index >= 15 is 0 Å². The number of nitro benzene ring substituents is 1. The van der Waals surface area contributed by atoms with E-state index in [1.165, 1.54) is 24.3 Å². The predicted octanol–water partition coefficient (Wildman–Crippen LogP) is 2.00. The Bertz CT molecular complexity index is 583. The molecular formula is C14H15N3O4. The zero-order valence-corrected chi connectivity index (χ0v) is 11.5. The summed E-state index contributed by atoms with van der Waals surface area (Å²) in [5, 5.41) is 19.7. The van der Waals surface area contributed by atoms with Gasteiger partial charge in [0.05, 0.1) is 23.5 Å². The fraction of sp³-hybridized carbons (Fsp3) is 0.286. The highest BCUT2D eigenvalue weighted by Gasteiger charge is 2.13. The molecule has 0 aliphatic carbocycles. The van der Waals surface area contributed by atoms with Crippen LogP contribution in [0.1, 0.15) is 24.8 Å². The molecule has 0 radical (unpaired) electrons. The summed E-state index contributed by atoms with van der Waals surface area (Å²) in [5.74, 6) is -1.06. The third-order valence-electron chi connectivity index (χ3n) is 2.66. The lowest BCUT2D eigenvalue weighted by atomic mass is 9.97. The number of carbonyl (C=O) groups is 1. The van der Waals surface area contributed by atoms with Crippen molar-refractivity contribution in [2.45, 2.75) is 19.3 Å². The van der Waals surface area contributed by atoms with Gasteiger partial charge in [0, 0.05) is 30.3 Å². The molecule has 0 aliphatic rings. The van der Waals surface area contributed by atoms with Gasteiger partial charge in [-0.25, -0.2) is 4.79 Å². The third kappa shape index (κ3) is 5.32. The minimum atomic E-state index is -0.560. The highest BCUT2D eigenvalue weighted by atomic mass is 16.6. The smallest absolute Gasteiger partial charge is 0.332 e. The molecule has 7 nitrogen and oxygen atoms in total. The Morgan fingerprint density at radius 3 is 2.62 bits per heavy atom. The third-order valence-corrected chi connectivity index (χ3v) is 2.66. The maximum atomic E-state index is 11.2. The number of esters is 1. The summed E-state index contributed by atoms with van der Waals surface area (Å²) < 4.78 is 4.91. The lowest BCUT2D eigenvalue weighted by molar-refractivity contribution is -0.384. The van der Waals surface area contributed by atoms with Gasteiger partial charge in [0.15, 0.2) is 0 Å². The number of hydrogen-bond acceptors (Lipinski definition) is 6. The molecule has 0 fully saturated rings. The van der Waals surface area contributed by atoms with Crippen LogP contribution in [-0.4, -0.2) is 17.5 Å². The number of nitrogens with zero attached hydrogens (tertiary/aromatic N) is 2. The molecule has 0 saturated heterocycles. The number of rotatable bonds is 6. The lowest BCUT2D eigenvalue weighted by Gasteiger charge is -2.09. The van der Waals surface area contributed by atoms with E-state index in [1.54, 1.807) is 6.92 Å². The van der Waals surface area contributed by atoms with Gasteiger partial charge in [-0.1, -0.05) is 12.1 Å². The minimum absolute atomic E-state index is 0.0366. The van der Waals surface area contributed by atoms with E-state index in [0.29, 0.717) is 17.7 Å². The van der Waals surface area contributed by atoms with Gasteiger partial charge in [-0.3, -0.25) is 10.1 Å². The van der Waals surface area contributed by atoms with E-state index in [9.17, 15) is 14.9 Å². The van der Waals surface area contributed by atoms with Crippen LogP contribution in [0.2, 0.25) is 0 Å². The van der Waals surface area contributed by atoms with Gasteiger partial charge in [0.2, 0.25) is 0 Å². The zero-order chi connectivity index (χ0) is 15.8. The Labute approximate surface area is 121 Å². The number of nitrogens with two attached hydrogens (primary N) is 1. The molecule has 0 aliphatic heterocycles. The summed E-state index contributed by atoms with van der Waals surface area (Å²) in [7, 11) is 0. The first-order valence-corrected chi connectivity index (χ1v) is 6.18. The summed E-state index contributed by atoms with van der Waals surface area (Å²) in [6.45, 7) is 1.63. The number of benzene rings is 1. The quantitative estimate of drug-likeness (QED) is 0.370. The van der Waals surface area contributed by atoms with Crippen LogP contribution in [-0.2, 0) is 9.53 Å². The van der Waals surface area contributed by atoms with Crippen molar-refractivity contribution in [3.8, 4) is 6.07 Å². The van der Waals surface area contributed by atoms with Crippen LogP contribution in [0, 0.1) is 21.4 Å². The number of allylic oxidation sites excluding steroid dienone is 1. The Balaban J connectivity index is 2.60. The molecule has 0 saturated carbocycles. The number of non-ortho nitro benzene ring substituents is 1. The fourth-order valence-electron chi connectivity index (χ4n) is 1.64. The monoisotopic (exact) mass is 289 g/mol. The Kier molecular flexibility index (Phi) is 5.89. The van der Waals surface area contributed by atoms with Crippen molar-refractivity contribution in [2.24, 2.45) is 5.73 Å². The standard InChI is InChI=1S/C14H15N3O4/c1-10(16)8-14(18)21-7-6-12(9-15)11-2-4-13(5-3-11)17(19)20/h2-5,8,12H,6-7,16H2,1H3/b10-8+. The van der Waals surface area contributed by atoms with Crippen LogP contribution < -0.4 is 5.73 Å². The Hall–Kier alpha value is -2.88. The molecule has 0 bridgehead atoms.